The van der Waals surface area contributed by atoms with Crippen molar-refractivity contribution in [3.05, 3.63) is 54.6 Å². The van der Waals surface area contributed by atoms with E-state index in [2.05, 4.69) is 0 Å². The summed E-state index contributed by atoms with van der Waals surface area (Å²) < 4.78 is 32.5. The van der Waals surface area contributed by atoms with Crippen molar-refractivity contribution in [2.45, 2.75) is 35.8 Å². The molecule has 3 fully saturated rings. The van der Waals surface area contributed by atoms with Gasteiger partial charge in [-0.15, -0.1) is 0 Å². The molecule has 2 N–H and O–H groups in total. The molecule has 0 saturated heterocycles. The highest BCUT2D eigenvalue weighted by atomic mass is 32.2. The highest BCUT2D eigenvalue weighted by Crippen LogP contribution is 2.49. The number of rotatable bonds is 5. The van der Waals surface area contributed by atoms with E-state index in [4.69, 9.17) is 9.94 Å². The summed E-state index contributed by atoms with van der Waals surface area (Å²) in [6.07, 6.45) is 3.27. The van der Waals surface area contributed by atoms with Crippen LogP contribution in [0.4, 0.5) is 0 Å². The summed E-state index contributed by atoms with van der Waals surface area (Å²) in [5, 5.41) is 8.34. The minimum absolute atomic E-state index is 0.00221. The molecule has 2 atom stereocenters. The number of ether oxygens (including phenoxy) is 1. The smallest absolute Gasteiger partial charge is 0.248 e. The molecular weight excluding hydrogens is 378 g/mol. The molecule has 0 heterocycles. The zero-order valence-electron chi connectivity index (χ0n) is 15.3. The van der Waals surface area contributed by atoms with E-state index in [0.717, 1.165) is 25.7 Å². The third-order valence-electron chi connectivity index (χ3n) is 6.05. The molecule has 2 bridgehead atoms. The van der Waals surface area contributed by atoms with Gasteiger partial charge in [0, 0.05) is 0 Å². The van der Waals surface area contributed by atoms with E-state index < -0.39 is 26.9 Å². The van der Waals surface area contributed by atoms with E-state index >= 15 is 0 Å². The lowest BCUT2D eigenvalue weighted by Gasteiger charge is -2.46. The lowest BCUT2D eigenvalue weighted by molar-refractivity contribution is -0.138. The van der Waals surface area contributed by atoms with Crippen molar-refractivity contribution >= 4 is 15.7 Å². The maximum atomic E-state index is 13.4. The third-order valence-corrected chi connectivity index (χ3v) is 8.37. The molecule has 5 rings (SSSR count). The fourth-order valence-corrected chi connectivity index (χ4v) is 7.10. The summed E-state index contributed by atoms with van der Waals surface area (Å²) in [5.74, 6) is -0.146. The van der Waals surface area contributed by atoms with Gasteiger partial charge in [0.25, 0.3) is 0 Å². The average molecular weight is 401 g/mol. The Bertz CT molecular complexity index is 935. The quantitative estimate of drug-likeness (QED) is 0.590. The summed E-state index contributed by atoms with van der Waals surface area (Å²) >= 11 is 0. The molecule has 28 heavy (non-hydrogen) atoms. The second kappa shape index (κ2) is 7.56. The number of hydrogen-bond donors (Lipinski definition) is 2. The van der Waals surface area contributed by atoms with Crippen molar-refractivity contribution in [2.24, 2.45) is 17.8 Å². The molecule has 3 saturated carbocycles. The highest BCUT2D eigenvalue weighted by Gasteiger charge is 2.53. The normalized spacial score (nSPS) is 26.6. The van der Waals surface area contributed by atoms with Crippen molar-refractivity contribution in [3.63, 3.8) is 0 Å². The molecule has 3 aliphatic carbocycles. The van der Waals surface area contributed by atoms with Gasteiger partial charge in [-0.1, -0.05) is 18.2 Å². The van der Waals surface area contributed by atoms with E-state index in [0.29, 0.717) is 11.5 Å². The van der Waals surface area contributed by atoms with E-state index in [1.54, 1.807) is 17.6 Å². The van der Waals surface area contributed by atoms with Crippen molar-refractivity contribution < 1.29 is 23.2 Å². The fraction of sp³-hybridized carbons (Fsp3) is 0.381. The van der Waals surface area contributed by atoms with Crippen molar-refractivity contribution in [1.82, 2.24) is 5.48 Å². The average Bonchev–Trinajstić information content (AvgIpc) is 2.74. The van der Waals surface area contributed by atoms with Gasteiger partial charge < -0.3 is 4.74 Å². The topological polar surface area (TPSA) is 92.7 Å². The number of carbonyl (C=O) groups excluding carboxylic acids is 1. The van der Waals surface area contributed by atoms with E-state index in [9.17, 15) is 13.2 Å². The molecule has 2 aromatic rings. The first kappa shape index (κ1) is 19.0. The van der Waals surface area contributed by atoms with Crippen molar-refractivity contribution in [2.75, 3.05) is 0 Å². The first-order chi connectivity index (χ1) is 13.5. The van der Waals surface area contributed by atoms with Crippen LogP contribution >= 0.6 is 0 Å². The van der Waals surface area contributed by atoms with E-state index in [1.165, 1.54) is 12.1 Å². The largest absolute Gasteiger partial charge is 0.457 e. The summed E-state index contributed by atoms with van der Waals surface area (Å²) in [6, 6.07) is 15.6. The number of benzene rings is 2. The number of sulfone groups is 1. The molecule has 0 aliphatic heterocycles. The molecule has 3 aliphatic rings. The Hall–Kier alpha value is -2.38. The van der Waals surface area contributed by atoms with Crippen molar-refractivity contribution in [3.8, 4) is 11.5 Å². The molecule has 6 nitrogen and oxygen atoms in total. The Labute approximate surface area is 164 Å². The molecule has 7 heteroatoms. The van der Waals surface area contributed by atoms with Crippen LogP contribution in [0.2, 0.25) is 0 Å². The lowest BCUT2D eigenvalue weighted by atomic mass is 9.64. The maximum Gasteiger partial charge on any atom is 0.248 e. The minimum Gasteiger partial charge on any atom is -0.457 e. The van der Waals surface area contributed by atoms with Crippen LogP contribution in [-0.4, -0.2) is 24.8 Å². The first-order valence-corrected chi connectivity index (χ1v) is 11.1. The third kappa shape index (κ3) is 3.40. The number of hydroxylamine groups is 1. The number of hydrogen-bond acceptors (Lipinski definition) is 5. The van der Waals surface area contributed by atoms with Gasteiger partial charge in [-0.3, -0.25) is 10.0 Å². The van der Waals surface area contributed by atoms with Gasteiger partial charge in [-0.25, -0.2) is 13.9 Å². The van der Waals surface area contributed by atoms with E-state index in [1.807, 2.05) is 30.3 Å². The zero-order chi connectivity index (χ0) is 19.7. The van der Waals surface area contributed by atoms with Gasteiger partial charge in [0.05, 0.1) is 16.1 Å². The number of para-hydroxylation sites is 1. The Morgan fingerprint density at radius 2 is 1.46 bits per heavy atom. The SMILES string of the molecule is O=C(NO)C1C2CCC(CC2)C1S(=O)(=O)c1ccc(Oc2ccccc2)cc1. The Morgan fingerprint density at radius 3 is 2.07 bits per heavy atom. The predicted octanol–water partition coefficient (Wildman–Crippen LogP) is 3.56. The number of carbonyl (C=O) groups is 1. The number of amides is 1. The van der Waals surface area contributed by atoms with Crippen LogP contribution in [0.3, 0.4) is 0 Å². The molecule has 2 unspecified atom stereocenters. The van der Waals surface area contributed by atoms with Crippen LogP contribution in [0.15, 0.2) is 59.5 Å². The molecule has 0 spiro atoms. The van der Waals surface area contributed by atoms with Gasteiger partial charge in [-0.05, 0) is 73.9 Å². The molecular formula is C21H23NO5S. The monoisotopic (exact) mass is 401 g/mol. The molecule has 1 amide bonds. The van der Waals surface area contributed by atoms with Gasteiger partial charge in [0.15, 0.2) is 9.84 Å². The van der Waals surface area contributed by atoms with Crippen LogP contribution in [0, 0.1) is 17.8 Å². The maximum absolute atomic E-state index is 13.4. The van der Waals surface area contributed by atoms with Gasteiger partial charge >= 0.3 is 0 Å². The van der Waals surface area contributed by atoms with Crippen LogP contribution < -0.4 is 10.2 Å². The Morgan fingerprint density at radius 1 is 0.893 bits per heavy atom. The van der Waals surface area contributed by atoms with Crippen LogP contribution in [-0.2, 0) is 14.6 Å². The van der Waals surface area contributed by atoms with Crippen molar-refractivity contribution in [1.29, 1.82) is 0 Å². The van der Waals surface area contributed by atoms with Crippen LogP contribution in [0.1, 0.15) is 25.7 Å². The second-order valence-corrected chi connectivity index (χ2v) is 9.68. The number of fused-ring (bicyclic) bond motifs is 3. The summed E-state index contributed by atoms with van der Waals surface area (Å²) in [4.78, 5) is 12.4. The lowest BCUT2D eigenvalue weighted by Crippen LogP contribution is -2.53. The Kier molecular flexibility index (Phi) is 5.12. The van der Waals surface area contributed by atoms with Gasteiger partial charge in [0.2, 0.25) is 5.91 Å². The zero-order valence-corrected chi connectivity index (χ0v) is 16.1. The summed E-state index contributed by atoms with van der Waals surface area (Å²) in [5.41, 5.74) is 1.69. The molecule has 0 aromatic heterocycles. The standard InChI is InChI=1S/C21H23NO5S/c23-21(22-24)19-14-6-8-15(9-7-14)20(19)28(25,26)18-12-10-17(11-13-18)27-16-4-2-1-3-5-16/h1-5,10-15,19-20,24H,6-9H2,(H,22,23). The molecule has 0 radical (unpaired) electrons. The fourth-order valence-electron chi connectivity index (χ4n) is 4.76. The molecule has 148 valence electrons. The summed E-state index contributed by atoms with van der Waals surface area (Å²) in [6.45, 7) is 0. The second-order valence-electron chi connectivity index (χ2n) is 7.57. The van der Waals surface area contributed by atoms with E-state index in [-0.39, 0.29) is 16.7 Å². The first-order valence-electron chi connectivity index (χ1n) is 9.51. The van der Waals surface area contributed by atoms with Crippen LogP contribution in [0.5, 0.6) is 11.5 Å². The molecule has 2 aromatic carbocycles. The Balaban J connectivity index is 1.61. The van der Waals surface area contributed by atoms with Gasteiger partial charge in [0.1, 0.15) is 11.5 Å². The minimum atomic E-state index is -3.71. The highest BCUT2D eigenvalue weighted by molar-refractivity contribution is 7.92. The number of nitrogens with one attached hydrogen (secondary N) is 1. The predicted molar refractivity (Wildman–Crippen MR) is 103 cm³/mol. The summed E-state index contributed by atoms with van der Waals surface area (Å²) in [7, 11) is -3.71. The van der Waals surface area contributed by atoms with Crippen LogP contribution in [0.25, 0.3) is 0 Å². The van der Waals surface area contributed by atoms with Gasteiger partial charge in [-0.2, -0.15) is 0 Å².